The Bertz CT molecular complexity index is 1300. The number of amides is 1. The minimum atomic E-state index is -0.547. The minimum Gasteiger partial charge on any atom is -0.381 e. The number of pyridine rings is 1. The summed E-state index contributed by atoms with van der Waals surface area (Å²) >= 11 is 1.35. The average Bonchev–Trinajstić information content (AvgIpc) is 3.60. The van der Waals surface area contributed by atoms with E-state index in [1.54, 1.807) is 29.0 Å². The Morgan fingerprint density at radius 2 is 2.09 bits per heavy atom. The van der Waals surface area contributed by atoms with Gasteiger partial charge in [-0.1, -0.05) is 0 Å². The van der Waals surface area contributed by atoms with Crippen LogP contribution in [-0.4, -0.2) is 43.2 Å². The number of halogens is 1. The maximum Gasteiger partial charge on any atom is 0.274 e. The second-order valence-corrected chi connectivity index (χ2v) is 8.82. The van der Waals surface area contributed by atoms with Gasteiger partial charge in [-0.25, -0.2) is 15.0 Å². The van der Waals surface area contributed by atoms with Gasteiger partial charge in [0, 0.05) is 49.8 Å². The predicted octanol–water partition coefficient (Wildman–Crippen LogP) is 4.50. The summed E-state index contributed by atoms with van der Waals surface area (Å²) in [5, 5.41) is 5.22. The van der Waals surface area contributed by atoms with Gasteiger partial charge in [0.15, 0.2) is 5.13 Å². The highest BCUT2D eigenvalue weighted by Crippen LogP contribution is 2.22. The molecule has 5 heterocycles. The molecule has 174 valence electrons. The lowest BCUT2D eigenvalue weighted by atomic mass is 10.1. The Labute approximate surface area is 199 Å². The maximum atomic E-state index is 13.4. The lowest BCUT2D eigenvalue weighted by molar-refractivity contribution is 0.0695. The molecule has 4 aromatic heterocycles. The average molecular weight is 479 g/mol. The Morgan fingerprint density at radius 1 is 1.24 bits per heavy atom. The van der Waals surface area contributed by atoms with Crippen LogP contribution in [0.5, 0.6) is 0 Å². The molecule has 0 spiro atoms. The minimum absolute atomic E-state index is 0.278. The summed E-state index contributed by atoms with van der Waals surface area (Å²) in [5.74, 6) is -0.825. The zero-order chi connectivity index (χ0) is 23.3. The summed E-state index contributed by atoms with van der Waals surface area (Å²) in [6.45, 7) is 1.93. The van der Waals surface area contributed by atoms with Crippen LogP contribution >= 0.6 is 11.3 Å². The lowest BCUT2D eigenvalue weighted by Crippen LogP contribution is -2.18. The summed E-state index contributed by atoms with van der Waals surface area (Å²) in [4.78, 5) is 25.3. The molecule has 8 nitrogen and oxygen atoms in total. The van der Waals surface area contributed by atoms with Crippen LogP contribution in [0, 0.1) is 5.95 Å². The monoisotopic (exact) mass is 478 g/mol. The highest BCUT2D eigenvalue weighted by molar-refractivity contribution is 7.14. The highest BCUT2D eigenvalue weighted by atomic mass is 32.1. The van der Waals surface area contributed by atoms with E-state index in [1.165, 1.54) is 23.6 Å². The molecule has 34 heavy (non-hydrogen) atoms. The molecule has 0 radical (unpaired) electrons. The Morgan fingerprint density at radius 3 is 2.94 bits per heavy atom. The quantitative estimate of drug-likeness (QED) is 0.395. The first-order valence-corrected chi connectivity index (χ1v) is 11.8. The molecular weight excluding hydrogens is 455 g/mol. The molecule has 1 amide bonds. The Kier molecular flexibility index (Phi) is 6.59. The molecule has 1 N–H and O–H groups in total. The molecule has 0 atom stereocenters. The van der Waals surface area contributed by atoms with Crippen molar-refractivity contribution in [2.75, 3.05) is 18.5 Å². The third-order valence-electron chi connectivity index (χ3n) is 5.61. The number of carbonyl (C=O) groups excluding carboxylic acids is 1. The molecule has 1 fully saturated rings. The van der Waals surface area contributed by atoms with E-state index >= 15 is 0 Å². The van der Waals surface area contributed by atoms with Gasteiger partial charge in [0.25, 0.3) is 5.91 Å². The number of aromatic nitrogens is 5. The zero-order valence-electron chi connectivity index (χ0n) is 18.3. The van der Waals surface area contributed by atoms with Gasteiger partial charge >= 0.3 is 0 Å². The van der Waals surface area contributed by atoms with Gasteiger partial charge in [-0.05, 0) is 54.8 Å². The molecule has 0 unspecified atom stereocenters. The second-order valence-electron chi connectivity index (χ2n) is 7.96. The normalized spacial score (nSPS) is 14.6. The molecule has 4 aromatic rings. The molecule has 1 aliphatic heterocycles. The van der Waals surface area contributed by atoms with Crippen LogP contribution in [0.15, 0.2) is 54.6 Å². The van der Waals surface area contributed by atoms with Crippen LogP contribution in [0.2, 0.25) is 0 Å². The Balaban J connectivity index is 1.21. The number of nitrogens with one attached hydrogen (secondary N) is 1. The van der Waals surface area contributed by atoms with E-state index in [2.05, 4.69) is 24.8 Å². The van der Waals surface area contributed by atoms with Gasteiger partial charge in [0.05, 0.1) is 17.7 Å². The topological polar surface area (TPSA) is 86.9 Å². The van der Waals surface area contributed by atoms with Gasteiger partial charge in [0.1, 0.15) is 5.69 Å². The summed E-state index contributed by atoms with van der Waals surface area (Å²) in [6, 6.07) is 7.00. The fourth-order valence-corrected chi connectivity index (χ4v) is 4.54. The zero-order valence-corrected chi connectivity index (χ0v) is 19.1. The van der Waals surface area contributed by atoms with Crippen molar-refractivity contribution in [3.63, 3.8) is 0 Å². The van der Waals surface area contributed by atoms with Crippen molar-refractivity contribution in [2.24, 2.45) is 0 Å². The van der Waals surface area contributed by atoms with Crippen LogP contribution < -0.4 is 5.32 Å². The van der Waals surface area contributed by atoms with Crippen LogP contribution in [-0.2, 0) is 11.3 Å². The molecule has 5 rings (SSSR count). The van der Waals surface area contributed by atoms with E-state index in [9.17, 15) is 9.18 Å². The van der Waals surface area contributed by atoms with Crippen molar-refractivity contribution < 1.29 is 13.9 Å². The summed E-state index contributed by atoms with van der Waals surface area (Å²) in [7, 11) is 0. The standard InChI is InChI=1S/C24H23FN6O2S/c25-22-12-17(5-8-26-22)13-30-9-1-2-21(30)23(32)29-24-28-19(15-34-24)4-3-18-14-31(16-27-18)20-6-10-33-11-7-20/h1-5,8-9,12,14-16,20H,6-7,10-11,13H2,(H,28,29,32)/b4-3+. The SMILES string of the molecule is O=C(Nc1nc(/C=C/c2cn(C3CCOCC3)cn2)cs1)c1cccn1Cc1ccnc(F)c1. The van der Waals surface area contributed by atoms with Crippen molar-refractivity contribution in [3.8, 4) is 0 Å². The lowest BCUT2D eigenvalue weighted by Gasteiger charge is -2.22. The smallest absolute Gasteiger partial charge is 0.274 e. The van der Waals surface area contributed by atoms with E-state index in [4.69, 9.17) is 4.74 Å². The van der Waals surface area contributed by atoms with Gasteiger partial charge in [0.2, 0.25) is 5.95 Å². The van der Waals surface area contributed by atoms with Crippen molar-refractivity contribution in [2.45, 2.75) is 25.4 Å². The maximum absolute atomic E-state index is 13.4. The largest absolute Gasteiger partial charge is 0.381 e. The van der Waals surface area contributed by atoms with E-state index in [1.807, 2.05) is 30.1 Å². The van der Waals surface area contributed by atoms with Gasteiger partial charge in [-0.15, -0.1) is 11.3 Å². The Hall–Kier alpha value is -3.63. The fraction of sp³-hybridized carbons (Fsp3) is 0.250. The second kappa shape index (κ2) is 10.1. The number of imidazole rings is 1. The van der Waals surface area contributed by atoms with Crippen molar-refractivity contribution in [1.29, 1.82) is 0 Å². The van der Waals surface area contributed by atoms with Gasteiger partial charge < -0.3 is 13.9 Å². The molecule has 1 aliphatic rings. The summed E-state index contributed by atoms with van der Waals surface area (Å²) in [5.41, 5.74) is 2.78. The summed E-state index contributed by atoms with van der Waals surface area (Å²) in [6.07, 6.45) is 12.9. The molecule has 0 aliphatic carbocycles. The first-order chi connectivity index (χ1) is 16.6. The van der Waals surface area contributed by atoms with Crippen LogP contribution in [0.4, 0.5) is 9.52 Å². The molecule has 10 heteroatoms. The van der Waals surface area contributed by atoms with Crippen molar-refractivity contribution in [1.82, 2.24) is 24.1 Å². The van der Waals surface area contributed by atoms with E-state index in [0.29, 0.717) is 23.4 Å². The number of thiazole rings is 1. The van der Waals surface area contributed by atoms with E-state index < -0.39 is 5.95 Å². The van der Waals surface area contributed by atoms with Crippen LogP contribution in [0.25, 0.3) is 12.2 Å². The summed E-state index contributed by atoms with van der Waals surface area (Å²) < 4.78 is 22.7. The number of hydrogen-bond donors (Lipinski definition) is 1. The van der Waals surface area contributed by atoms with Gasteiger partial charge in [-0.3, -0.25) is 10.1 Å². The first-order valence-electron chi connectivity index (χ1n) is 11.0. The van der Waals surface area contributed by atoms with Crippen molar-refractivity contribution in [3.05, 3.63) is 83.2 Å². The molecule has 0 saturated carbocycles. The van der Waals surface area contributed by atoms with Crippen LogP contribution in [0.1, 0.15) is 46.3 Å². The van der Waals surface area contributed by atoms with Crippen LogP contribution in [0.3, 0.4) is 0 Å². The predicted molar refractivity (Wildman–Crippen MR) is 128 cm³/mol. The number of nitrogens with zero attached hydrogens (tertiary/aromatic N) is 5. The number of hydrogen-bond acceptors (Lipinski definition) is 6. The first kappa shape index (κ1) is 22.2. The molecule has 0 bridgehead atoms. The van der Waals surface area contributed by atoms with Crippen molar-refractivity contribution >= 4 is 34.5 Å². The van der Waals surface area contributed by atoms with Gasteiger partial charge in [-0.2, -0.15) is 4.39 Å². The fourth-order valence-electron chi connectivity index (χ4n) is 3.87. The third kappa shape index (κ3) is 5.29. The number of carbonyl (C=O) groups is 1. The van der Waals surface area contributed by atoms with E-state index in [-0.39, 0.29) is 5.91 Å². The van der Waals surface area contributed by atoms with E-state index in [0.717, 1.165) is 43.0 Å². The molecular formula is C24H23FN6O2S. The molecule has 0 aromatic carbocycles. The number of anilines is 1. The number of rotatable bonds is 7. The highest BCUT2D eigenvalue weighted by Gasteiger charge is 2.16. The third-order valence-corrected chi connectivity index (χ3v) is 6.38. The molecule has 1 saturated heterocycles. The number of ether oxygens (including phenoxy) is 1.